The molecule has 4 unspecified atom stereocenters. The fourth-order valence-corrected chi connectivity index (χ4v) is 8.53. The molecule has 4 heterocycles. The highest BCUT2D eigenvalue weighted by Crippen LogP contribution is 2.55. The van der Waals surface area contributed by atoms with Gasteiger partial charge in [-0.05, 0) is 61.2 Å². The summed E-state index contributed by atoms with van der Waals surface area (Å²) in [5.74, 6) is 2.79. The molecule has 0 fully saturated rings. The van der Waals surface area contributed by atoms with Gasteiger partial charge in [0.25, 0.3) is 0 Å². The lowest BCUT2D eigenvalue weighted by Crippen LogP contribution is -2.53. The summed E-state index contributed by atoms with van der Waals surface area (Å²) < 4.78 is 0. The number of nitrogens with zero attached hydrogens (tertiary/aromatic N) is 7. The third kappa shape index (κ3) is 5.07. The summed E-state index contributed by atoms with van der Waals surface area (Å²) in [7, 11) is 2.19. The molecule has 0 radical (unpaired) electrons. The number of fused-ring (bicyclic) bond motifs is 5. The van der Waals surface area contributed by atoms with Gasteiger partial charge in [-0.1, -0.05) is 115 Å². The Morgan fingerprint density at radius 3 is 2.08 bits per heavy atom. The number of allylic oxidation sites excluding steroid dienone is 1. The molecule has 0 aliphatic carbocycles. The number of anilines is 5. The zero-order chi connectivity index (χ0) is 35.3. The van der Waals surface area contributed by atoms with Gasteiger partial charge in [-0.15, -0.1) is 6.58 Å². The first-order valence-corrected chi connectivity index (χ1v) is 18.0. The van der Waals surface area contributed by atoms with Gasteiger partial charge in [-0.2, -0.15) is 5.10 Å². The Labute approximate surface area is 305 Å². The van der Waals surface area contributed by atoms with Gasteiger partial charge in [-0.3, -0.25) is 0 Å². The summed E-state index contributed by atoms with van der Waals surface area (Å²) in [6.07, 6.45) is 4.78. The topological polar surface area (TPSA) is 51.1 Å². The van der Waals surface area contributed by atoms with Crippen LogP contribution in [0, 0.1) is 19.8 Å². The van der Waals surface area contributed by atoms with E-state index in [0.717, 1.165) is 57.7 Å². The van der Waals surface area contributed by atoms with Gasteiger partial charge >= 0.3 is 0 Å². The molecular weight excluding hydrogens is 639 g/mol. The number of hydrazone groups is 1. The van der Waals surface area contributed by atoms with Gasteiger partial charge in [0.15, 0.2) is 17.5 Å². The van der Waals surface area contributed by atoms with Crippen LogP contribution in [0.15, 0.2) is 157 Å². The molecular formula is C45H41N7. The van der Waals surface area contributed by atoms with Crippen molar-refractivity contribution >= 4 is 34.4 Å². The maximum Gasteiger partial charge on any atom is 0.162 e. The predicted molar refractivity (Wildman–Crippen MR) is 213 cm³/mol. The van der Waals surface area contributed by atoms with Gasteiger partial charge in [0, 0.05) is 41.4 Å². The van der Waals surface area contributed by atoms with Crippen LogP contribution in [0.3, 0.4) is 0 Å². The average Bonchev–Trinajstić information content (AvgIpc) is 3.71. The molecule has 3 aliphatic rings. The summed E-state index contributed by atoms with van der Waals surface area (Å²) >= 11 is 0. The molecule has 5 aromatic carbocycles. The van der Waals surface area contributed by atoms with E-state index in [0.29, 0.717) is 0 Å². The largest absolute Gasteiger partial charge is 0.337 e. The molecule has 0 amide bonds. The molecule has 4 atom stereocenters. The molecule has 9 rings (SSSR count). The van der Waals surface area contributed by atoms with Crippen LogP contribution in [0.4, 0.5) is 28.6 Å². The third-order valence-corrected chi connectivity index (χ3v) is 11.0. The summed E-state index contributed by atoms with van der Waals surface area (Å²) in [5.41, 5.74) is 10.1. The van der Waals surface area contributed by atoms with Crippen LogP contribution in [-0.4, -0.2) is 35.2 Å². The van der Waals surface area contributed by atoms with Crippen molar-refractivity contribution in [1.82, 2.24) is 9.97 Å². The van der Waals surface area contributed by atoms with Gasteiger partial charge in [0.2, 0.25) is 0 Å². The molecule has 1 aromatic heterocycles. The van der Waals surface area contributed by atoms with Crippen LogP contribution in [0.5, 0.6) is 0 Å². The van der Waals surface area contributed by atoms with E-state index in [-0.39, 0.29) is 24.2 Å². The minimum absolute atomic E-state index is 0.0357. The SMILES string of the molecule is C=CC1c2ccccc2N2c3cnc(-c4ccccc4C)nc3N(C)C2C1CC1N(c2ccccc2C)N=C(c2ccccc2)N1c1ccccc1. The Bertz CT molecular complexity index is 2300. The molecule has 0 saturated heterocycles. The molecule has 0 bridgehead atoms. The number of amidine groups is 1. The van der Waals surface area contributed by atoms with Crippen LogP contribution < -0.4 is 19.7 Å². The minimum atomic E-state index is -0.135. The second-order valence-corrected chi connectivity index (χ2v) is 13.9. The molecule has 52 heavy (non-hydrogen) atoms. The summed E-state index contributed by atoms with van der Waals surface area (Å²) in [6, 6.07) is 46.9. The van der Waals surface area contributed by atoms with E-state index in [2.05, 4.69) is 187 Å². The maximum absolute atomic E-state index is 5.49. The van der Waals surface area contributed by atoms with Crippen molar-refractivity contribution in [2.24, 2.45) is 11.0 Å². The molecule has 0 saturated carbocycles. The first-order chi connectivity index (χ1) is 25.5. The van der Waals surface area contributed by atoms with E-state index in [1.54, 1.807) is 0 Å². The highest BCUT2D eigenvalue weighted by Gasteiger charge is 2.51. The number of rotatable bonds is 7. The van der Waals surface area contributed by atoms with Crippen LogP contribution >= 0.6 is 0 Å². The smallest absolute Gasteiger partial charge is 0.162 e. The summed E-state index contributed by atoms with van der Waals surface area (Å²) in [4.78, 5) is 17.5. The van der Waals surface area contributed by atoms with Crippen molar-refractivity contribution in [3.8, 4) is 11.4 Å². The number of benzene rings is 5. The molecule has 0 N–H and O–H groups in total. The molecule has 3 aliphatic heterocycles. The lowest BCUT2D eigenvalue weighted by Gasteiger charge is -2.47. The highest BCUT2D eigenvalue weighted by molar-refractivity contribution is 6.12. The maximum atomic E-state index is 5.49. The molecule has 256 valence electrons. The Balaban J connectivity index is 1.21. The third-order valence-electron chi connectivity index (χ3n) is 11.0. The first-order valence-electron chi connectivity index (χ1n) is 18.0. The number of hydrogen-bond donors (Lipinski definition) is 0. The van der Waals surface area contributed by atoms with E-state index in [4.69, 9.17) is 15.1 Å². The lowest BCUT2D eigenvalue weighted by atomic mass is 9.76. The summed E-state index contributed by atoms with van der Waals surface area (Å²) in [6.45, 7) is 8.76. The Hall–Kier alpha value is -6.21. The van der Waals surface area contributed by atoms with Gasteiger partial charge < -0.3 is 14.7 Å². The van der Waals surface area contributed by atoms with Crippen LogP contribution in [0.1, 0.15) is 34.6 Å². The van der Waals surface area contributed by atoms with E-state index >= 15 is 0 Å². The number of para-hydroxylation sites is 3. The molecule has 7 heteroatoms. The average molecular weight is 680 g/mol. The van der Waals surface area contributed by atoms with Crippen LogP contribution in [0.2, 0.25) is 0 Å². The van der Waals surface area contributed by atoms with Crippen molar-refractivity contribution < 1.29 is 0 Å². The fourth-order valence-electron chi connectivity index (χ4n) is 8.53. The summed E-state index contributed by atoms with van der Waals surface area (Å²) in [5, 5.41) is 7.75. The monoisotopic (exact) mass is 679 g/mol. The quantitative estimate of drug-likeness (QED) is 0.157. The molecule has 7 nitrogen and oxygen atoms in total. The zero-order valence-electron chi connectivity index (χ0n) is 29.7. The van der Waals surface area contributed by atoms with Crippen molar-refractivity contribution in [2.45, 2.75) is 38.5 Å². The van der Waals surface area contributed by atoms with Crippen LogP contribution in [-0.2, 0) is 0 Å². The first kappa shape index (κ1) is 31.7. The second kappa shape index (κ2) is 12.8. The number of aryl methyl sites for hydroxylation is 2. The lowest BCUT2D eigenvalue weighted by molar-refractivity contribution is 0.323. The van der Waals surface area contributed by atoms with Crippen molar-refractivity contribution in [3.63, 3.8) is 0 Å². The predicted octanol–water partition coefficient (Wildman–Crippen LogP) is 9.68. The second-order valence-electron chi connectivity index (χ2n) is 13.9. The van der Waals surface area contributed by atoms with E-state index in [1.165, 1.54) is 16.8 Å². The van der Waals surface area contributed by atoms with Crippen molar-refractivity contribution in [3.05, 3.63) is 175 Å². The van der Waals surface area contributed by atoms with E-state index in [1.807, 2.05) is 6.20 Å². The van der Waals surface area contributed by atoms with Crippen LogP contribution in [0.25, 0.3) is 11.4 Å². The van der Waals surface area contributed by atoms with Gasteiger partial charge in [0.1, 0.15) is 18.0 Å². The Kier molecular flexibility index (Phi) is 7.84. The normalized spacial score (nSPS) is 20.3. The molecule has 0 spiro atoms. The van der Waals surface area contributed by atoms with E-state index in [9.17, 15) is 0 Å². The Morgan fingerprint density at radius 2 is 1.35 bits per heavy atom. The number of aromatic nitrogens is 2. The molecule has 6 aromatic rings. The van der Waals surface area contributed by atoms with Crippen molar-refractivity contribution in [1.29, 1.82) is 0 Å². The van der Waals surface area contributed by atoms with E-state index < -0.39 is 0 Å². The standard InChI is InChI=1S/C45H41N7/c1-5-34-36-25-15-17-27-39(36)51-40-29-46-42(35-24-14-12-18-30(35)2)47-44(40)49(4)45(51)37(34)28-41-50(33-22-10-7-11-23-33)43(32-20-8-6-9-21-32)48-52(41)38-26-16-13-19-31(38)3/h5-27,29,34,37,41,45H,1,28H2,2-4H3. The van der Waals surface area contributed by atoms with Crippen molar-refractivity contribution in [2.75, 3.05) is 26.8 Å². The van der Waals surface area contributed by atoms with Gasteiger partial charge in [0.05, 0.1) is 11.9 Å². The zero-order valence-corrected chi connectivity index (χ0v) is 29.7. The minimum Gasteiger partial charge on any atom is -0.337 e. The number of hydrogen-bond acceptors (Lipinski definition) is 7. The van der Waals surface area contributed by atoms with Gasteiger partial charge in [-0.25, -0.2) is 15.0 Å². The fraction of sp³-hybridized carbons (Fsp3) is 0.178. The Morgan fingerprint density at radius 1 is 0.692 bits per heavy atom. The highest BCUT2D eigenvalue weighted by atomic mass is 15.6.